The van der Waals surface area contributed by atoms with E-state index < -0.39 is 5.97 Å². The number of aryl methyl sites for hydroxylation is 2. The van der Waals surface area contributed by atoms with Crippen LogP contribution in [0.1, 0.15) is 40.9 Å². The van der Waals surface area contributed by atoms with E-state index >= 15 is 0 Å². The average molecular weight is 442 g/mol. The van der Waals surface area contributed by atoms with E-state index in [1.165, 1.54) is 18.2 Å². The Balaban J connectivity index is 1.89. The molecule has 0 fully saturated rings. The minimum Gasteiger partial charge on any atom is -0.489 e. The fourth-order valence-corrected chi connectivity index (χ4v) is 3.90. The number of esters is 1. The van der Waals surface area contributed by atoms with Crippen LogP contribution in [0.4, 0.5) is 0 Å². The van der Waals surface area contributed by atoms with Gasteiger partial charge in [-0.05, 0) is 53.8 Å². The van der Waals surface area contributed by atoms with Crippen LogP contribution in [0.3, 0.4) is 0 Å². The van der Waals surface area contributed by atoms with Gasteiger partial charge in [-0.25, -0.2) is 4.79 Å². The first kappa shape index (κ1) is 22.3. The van der Waals surface area contributed by atoms with Crippen LogP contribution in [0.15, 0.2) is 77.7 Å². The maximum absolute atomic E-state index is 13.1. The van der Waals surface area contributed by atoms with Gasteiger partial charge in [0.1, 0.15) is 17.9 Å². The monoisotopic (exact) mass is 441 g/mol. The zero-order valence-corrected chi connectivity index (χ0v) is 19.1. The van der Waals surface area contributed by atoms with E-state index in [4.69, 9.17) is 9.47 Å². The summed E-state index contributed by atoms with van der Waals surface area (Å²) in [5, 5.41) is 0.435. The summed E-state index contributed by atoms with van der Waals surface area (Å²) in [4.78, 5) is 25.5. The Labute approximate surface area is 193 Å². The summed E-state index contributed by atoms with van der Waals surface area (Å²) in [5.74, 6) is -0.00454. The van der Waals surface area contributed by atoms with E-state index in [1.807, 2.05) is 41.0 Å². The number of pyridine rings is 1. The summed E-state index contributed by atoms with van der Waals surface area (Å²) in [6.07, 6.45) is 3.34. The van der Waals surface area contributed by atoms with Gasteiger partial charge in [-0.15, -0.1) is 0 Å². The van der Waals surface area contributed by atoms with E-state index in [2.05, 4.69) is 32.0 Å². The molecule has 5 heteroatoms. The third kappa shape index (κ3) is 4.67. The lowest BCUT2D eigenvalue weighted by Gasteiger charge is -2.16. The van der Waals surface area contributed by atoms with Crippen molar-refractivity contribution in [2.45, 2.75) is 33.3 Å². The summed E-state index contributed by atoms with van der Waals surface area (Å²) < 4.78 is 12.8. The van der Waals surface area contributed by atoms with Gasteiger partial charge in [0.15, 0.2) is 0 Å². The summed E-state index contributed by atoms with van der Waals surface area (Å²) in [7, 11) is 1.28. The molecule has 1 aromatic heterocycles. The number of methoxy groups -OCH3 is 1. The highest BCUT2D eigenvalue weighted by molar-refractivity contribution is 5.94. The predicted octanol–water partition coefficient (Wildman–Crippen LogP) is 5.48. The molecule has 0 bridgehead atoms. The molecule has 168 valence electrons. The second kappa shape index (κ2) is 9.74. The molecule has 4 rings (SSSR count). The van der Waals surface area contributed by atoms with Crippen LogP contribution in [0.2, 0.25) is 0 Å². The average Bonchev–Trinajstić information content (AvgIpc) is 2.87. The molecule has 0 atom stereocenters. The number of hydrogen-bond acceptors (Lipinski definition) is 4. The zero-order chi connectivity index (χ0) is 23.4. The predicted molar refractivity (Wildman–Crippen MR) is 130 cm³/mol. The number of ether oxygens (including phenoxy) is 2. The van der Waals surface area contributed by atoms with Crippen molar-refractivity contribution in [1.29, 1.82) is 0 Å². The molecule has 0 spiro atoms. The van der Waals surface area contributed by atoms with Gasteiger partial charge in [-0.2, -0.15) is 0 Å². The first-order valence-corrected chi connectivity index (χ1v) is 11.1. The number of rotatable bonds is 7. The van der Waals surface area contributed by atoms with Gasteiger partial charge in [0, 0.05) is 23.3 Å². The van der Waals surface area contributed by atoms with Gasteiger partial charge in [-0.3, -0.25) is 4.79 Å². The number of benzene rings is 3. The van der Waals surface area contributed by atoms with Crippen molar-refractivity contribution in [3.8, 4) is 11.4 Å². The van der Waals surface area contributed by atoms with E-state index in [-0.39, 0.29) is 11.0 Å². The molecule has 5 nitrogen and oxygen atoms in total. The number of carbonyl (C=O) groups excluding carboxylic acids is 1. The van der Waals surface area contributed by atoms with Gasteiger partial charge >= 0.3 is 5.97 Å². The van der Waals surface area contributed by atoms with Crippen molar-refractivity contribution in [2.24, 2.45) is 0 Å². The van der Waals surface area contributed by atoms with Crippen LogP contribution in [-0.2, 0) is 24.2 Å². The lowest BCUT2D eigenvalue weighted by atomic mass is 10.0. The molecule has 0 unspecified atom stereocenters. The highest BCUT2D eigenvalue weighted by atomic mass is 16.5. The molecule has 0 N–H and O–H groups in total. The molecule has 0 aliphatic carbocycles. The van der Waals surface area contributed by atoms with Gasteiger partial charge in [0.05, 0.1) is 12.6 Å². The van der Waals surface area contributed by atoms with Gasteiger partial charge in [0.2, 0.25) is 5.43 Å². The van der Waals surface area contributed by atoms with Gasteiger partial charge in [0.25, 0.3) is 0 Å². The maximum Gasteiger partial charge on any atom is 0.343 e. The summed E-state index contributed by atoms with van der Waals surface area (Å²) in [6, 6.07) is 21.6. The molecule has 0 saturated heterocycles. The zero-order valence-electron chi connectivity index (χ0n) is 19.1. The Bertz CT molecular complexity index is 1330. The van der Waals surface area contributed by atoms with Crippen molar-refractivity contribution in [2.75, 3.05) is 7.11 Å². The molecule has 0 amide bonds. The largest absolute Gasteiger partial charge is 0.489 e. The van der Waals surface area contributed by atoms with E-state index in [9.17, 15) is 9.59 Å². The van der Waals surface area contributed by atoms with Crippen LogP contribution in [0, 0.1) is 0 Å². The Hall–Kier alpha value is -3.86. The van der Waals surface area contributed by atoms with E-state index in [0.717, 1.165) is 24.1 Å². The van der Waals surface area contributed by atoms with Crippen molar-refractivity contribution in [3.63, 3.8) is 0 Å². The molecule has 4 aromatic rings. The molecule has 0 radical (unpaired) electrons. The van der Waals surface area contributed by atoms with Crippen LogP contribution in [-0.4, -0.2) is 17.6 Å². The Morgan fingerprint density at radius 1 is 0.879 bits per heavy atom. The number of carbonyl (C=O) groups is 1. The number of nitrogens with zero attached hydrogens (tertiary/aromatic N) is 1. The molecule has 0 aliphatic rings. The third-order valence-electron chi connectivity index (χ3n) is 5.76. The summed E-state index contributed by atoms with van der Waals surface area (Å²) in [6.45, 7) is 4.64. The quantitative estimate of drug-likeness (QED) is 0.356. The first-order chi connectivity index (χ1) is 16.0. The number of aromatic nitrogens is 1. The van der Waals surface area contributed by atoms with E-state index in [1.54, 1.807) is 18.3 Å². The summed E-state index contributed by atoms with van der Waals surface area (Å²) >= 11 is 0. The fourth-order valence-electron chi connectivity index (χ4n) is 3.90. The normalized spacial score (nSPS) is 10.9. The molecule has 0 aliphatic heterocycles. The highest BCUT2D eigenvalue weighted by Crippen LogP contribution is 2.25. The summed E-state index contributed by atoms with van der Waals surface area (Å²) in [5.41, 5.74) is 4.64. The minimum absolute atomic E-state index is 0.00269. The standard InChI is InChI=1S/C28H27NO4/c1-4-19-13-20(5-2)15-22(14-19)29-17-25(28(31)32-3)27(30)24-12-11-23(16-26(24)29)33-18-21-9-7-6-8-10-21/h6-17H,4-5,18H2,1-3H3. The lowest BCUT2D eigenvalue weighted by molar-refractivity contribution is 0.0599. The van der Waals surface area contributed by atoms with Crippen molar-refractivity contribution >= 4 is 16.9 Å². The van der Waals surface area contributed by atoms with Crippen molar-refractivity contribution < 1.29 is 14.3 Å². The Morgan fingerprint density at radius 3 is 2.21 bits per heavy atom. The van der Waals surface area contributed by atoms with Crippen LogP contribution in [0.5, 0.6) is 5.75 Å². The second-order valence-corrected chi connectivity index (χ2v) is 7.90. The van der Waals surface area contributed by atoms with Crippen LogP contribution in [0.25, 0.3) is 16.6 Å². The number of fused-ring (bicyclic) bond motifs is 1. The van der Waals surface area contributed by atoms with E-state index in [0.29, 0.717) is 23.3 Å². The molecule has 33 heavy (non-hydrogen) atoms. The lowest BCUT2D eigenvalue weighted by Crippen LogP contribution is -2.19. The van der Waals surface area contributed by atoms with Crippen LogP contribution < -0.4 is 10.2 Å². The molecule has 3 aromatic carbocycles. The molecular formula is C28H27NO4. The molecule has 1 heterocycles. The Morgan fingerprint density at radius 2 is 1.58 bits per heavy atom. The molecule has 0 saturated carbocycles. The Kier molecular flexibility index (Phi) is 6.59. The topological polar surface area (TPSA) is 57.5 Å². The second-order valence-electron chi connectivity index (χ2n) is 7.90. The minimum atomic E-state index is -0.651. The fraction of sp³-hybridized carbons (Fsp3) is 0.214. The SMILES string of the molecule is CCc1cc(CC)cc(-n2cc(C(=O)OC)c(=O)c3ccc(OCc4ccccc4)cc32)c1. The number of hydrogen-bond donors (Lipinski definition) is 0. The van der Waals surface area contributed by atoms with Gasteiger partial charge in [-0.1, -0.05) is 50.2 Å². The smallest absolute Gasteiger partial charge is 0.343 e. The first-order valence-electron chi connectivity index (χ1n) is 11.1. The van der Waals surface area contributed by atoms with Crippen molar-refractivity contribution in [3.05, 3.63) is 105 Å². The van der Waals surface area contributed by atoms with Crippen molar-refractivity contribution in [1.82, 2.24) is 4.57 Å². The van der Waals surface area contributed by atoms with Crippen LogP contribution >= 0.6 is 0 Å². The third-order valence-corrected chi connectivity index (χ3v) is 5.76. The maximum atomic E-state index is 13.1. The van der Waals surface area contributed by atoms with Gasteiger partial charge < -0.3 is 14.0 Å². The molecular weight excluding hydrogens is 414 g/mol. The highest BCUT2D eigenvalue weighted by Gasteiger charge is 2.18.